The predicted octanol–water partition coefficient (Wildman–Crippen LogP) is 1.70. The summed E-state index contributed by atoms with van der Waals surface area (Å²) in [4.78, 5) is 36.2. The maximum absolute atomic E-state index is 12.4. The van der Waals surface area contributed by atoms with Crippen molar-refractivity contribution in [1.82, 2.24) is 14.7 Å². The van der Waals surface area contributed by atoms with Gasteiger partial charge in [-0.2, -0.15) is 0 Å². The smallest absolute Gasteiger partial charge is 0.292 e. The van der Waals surface area contributed by atoms with Crippen LogP contribution in [0.15, 0.2) is 24.4 Å². The molecule has 0 saturated heterocycles. The van der Waals surface area contributed by atoms with Crippen LogP contribution in [0.4, 0.5) is 11.4 Å². The summed E-state index contributed by atoms with van der Waals surface area (Å²) >= 11 is 5.82. The van der Waals surface area contributed by atoms with Crippen molar-refractivity contribution >= 4 is 34.8 Å². The first kappa shape index (κ1) is 19.2. The molecule has 2 rings (SSSR count). The fraction of sp³-hybridized carbons (Fsp3) is 0.267. The van der Waals surface area contributed by atoms with Crippen LogP contribution in [0.25, 0.3) is 0 Å². The van der Waals surface area contributed by atoms with Gasteiger partial charge in [0.2, 0.25) is 11.8 Å². The van der Waals surface area contributed by atoms with E-state index in [0.29, 0.717) is 0 Å². The summed E-state index contributed by atoms with van der Waals surface area (Å²) in [7, 11) is 4.43. The molecular formula is C15H16ClN5O5. The summed E-state index contributed by atoms with van der Waals surface area (Å²) in [5.74, 6) is -0.963. The number of nitrogens with one attached hydrogen (secondary N) is 1. The molecule has 0 saturated carbocycles. The first-order chi connectivity index (χ1) is 12.2. The van der Waals surface area contributed by atoms with Gasteiger partial charge < -0.3 is 15.0 Å². The molecule has 1 aromatic heterocycles. The lowest BCUT2D eigenvalue weighted by molar-refractivity contribution is -0.383. The summed E-state index contributed by atoms with van der Waals surface area (Å²) in [6, 6.07) is 3.80. The number of ether oxygens (including phenoxy) is 1. The van der Waals surface area contributed by atoms with Gasteiger partial charge in [0.1, 0.15) is 11.3 Å². The number of amides is 2. The van der Waals surface area contributed by atoms with Gasteiger partial charge >= 0.3 is 0 Å². The minimum Gasteiger partial charge on any atom is -0.479 e. The molecule has 0 bridgehead atoms. The fourth-order valence-electron chi connectivity index (χ4n) is 2.22. The van der Waals surface area contributed by atoms with Crippen LogP contribution < -0.4 is 10.1 Å². The lowest BCUT2D eigenvalue weighted by atomic mass is 10.2. The Balaban J connectivity index is 2.11. The van der Waals surface area contributed by atoms with E-state index in [2.05, 4.69) is 10.4 Å². The third-order valence-corrected chi connectivity index (χ3v) is 3.61. The Morgan fingerprint density at radius 1 is 1.46 bits per heavy atom. The minimum atomic E-state index is -0.638. The van der Waals surface area contributed by atoms with E-state index in [9.17, 15) is 19.7 Å². The largest absolute Gasteiger partial charge is 0.479 e. The number of nitrogens with zero attached hydrogens (tertiary/aromatic N) is 4. The second kappa shape index (κ2) is 7.83. The highest BCUT2D eigenvalue weighted by Gasteiger charge is 2.23. The number of rotatable bonds is 6. The van der Waals surface area contributed by atoms with Crippen LogP contribution in [0, 0.1) is 10.1 Å². The van der Waals surface area contributed by atoms with Crippen LogP contribution in [0.2, 0.25) is 5.02 Å². The third-order valence-electron chi connectivity index (χ3n) is 3.38. The van der Waals surface area contributed by atoms with Crippen molar-refractivity contribution < 1.29 is 19.2 Å². The van der Waals surface area contributed by atoms with Crippen molar-refractivity contribution in [2.75, 3.05) is 26.0 Å². The van der Waals surface area contributed by atoms with Gasteiger partial charge in [-0.15, -0.1) is 5.10 Å². The van der Waals surface area contributed by atoms with Crippen LogP contribution in [0.3, 0.4) is 0 Å². The molecule has 0 fully saturated rings. The van der Waals surface area contributed by atoms with Gasteiger partial charge in [0.25, 0.3) is 11.6 Å². The van der Waals surface area contributed by atoms with Crippen LogP contribution in [0.1, 0.15) is 10.4 Å². The SMILES string of the molecule is COc1nn(C)cc1C(=O)N(C)CC(=O)Nc1cc(Cl)ccc1[N+](=O)[O-]. The molecule has 1 heterocycles. The van der Waals surface area contributed by atoms with Gasteiger partial charge in [0.05, 0.1) is 18.6 Å². The molecule has 138 valence electrons. The van der Waals surface area contributed by atoms with Crippen molar-refractivity contribution in [3.63, 3.8) is 0 Å². The number of aromatic nitrogens is 2. The molecule has 0 aliphatic carbocycles. The Labute approximate surface area is 153 Å². The number of nitro groups is 1. The molecular weight excluding hydrogens is 366 g/mol. The number of carbonyl (C=O) groups is 2. The number of benzene rings is 1. The molecule has 0 unspecified atom stereocenters. The maximum atomic E-state index is 12.4. The highest BCUT2D eigenvalue weighted by atomic mass is 35.5. The van der Waals surface area contributed by atoms with Crippen LogP contribution >= 0.6 is 11.6 Å². The van der Waals surface area contributed by atoms with Crippen LogP contribution in [-0.2, 0) is 11.8 Å². The first-order valence-corrected chi connectivity index (χ1v) is 7.67. The monoisotopic (exact) mass is 381 g/mol. The Morgan fingerprint density at radius 2 is 2.15 bits per heavy atom. The van der Waals surface area contributed by atoms with Gasteiger partial charge in [-0.1, -0.05) is 11.6 Å². The summed E-state index contributed by atoms with van der Waals surface area (Å²) in [6.45, 7) is -0.333. The predicted molar refractivity (Wildman–Crippen MR) is 93.5 cm³/mol. The van der Waals surface area contributed by atoms with E-state index in [1.807, 2.05) is 0 Å². The topological polar surface area (TPSA) is 120 Å². The Hall–Kier alpha value is -3.14. The second-order valence-corrected chi connectivity index (χ2v) is 5.79. The van der Waals surface area contributed by atoms with Crippen molar-refractivity contribution in [2.45, 2.75) is 0 Å². The summed E-state index contributed by atoms with van der Waals surface area (Å²) in [5.41, 5.74) is -0.156. The number of hydrogen-bond acceptors (Lipinski definition) is 6. The standard InChI is InChI=1S/C15H16ClN5O5/c1-19(15(23)10-7-20(2)18-14(10)26-3)8-13(22)17-11-6-9(16)4-5-12(11)21(24)25/h4-7H,8H2,1-3H3,(H,17,22). The van der Waals surface area contributed by atoms with Crippen molar-refractivity contribution in [3.8, 4) is 5.88 Å². The lowest BCUT2D eigenvalue weighted by Crippen LogP contribution is -2.35. The number of hydrogen-bond donors (Lipinski definition) is 1. The zero-order valence-electron chi connectivity index (χ0n) is 14.2. The molecule has 1 N–H and O–H groups in total. The van der Waals surface area contributed by atoms with Gasteiger partial charge in [-0.05, 0) is 12.1 Å². The number of anilines is 1. The highest BCUT2D eigenvalue weighted by Crippen LogP contribution is 2.27. The summed E-state index contributed by atoms with van der Waals surface area (Å²) in [6.07, 6.45) is 1.47. The average molecular weight is 382 g/mol. The van der Waals surface area contributed by atoms with E-state index < -0.39 is 16.7 Å². The minimum absolute atomic E-state index is 0.0488. The van der Waals surface area contributed by atoms with Crippen molar-refractivity contribution in [2.24, 2.45) is 7.05 Å². The van der Waals surface area contributed by atoms with E-state index in [0.717, 1.165) is 4.90 Å². The number of carbonyl (C=O) groups excluding carboxylic acids is 2. The number of halogens is 1. The molecule has 10 nitrogen and oxygen atoms in total. The summed E-state index contributed by atoms with van der Waals surface area (Å²) < 4.78 is 6.44. The Morgan fingerprint density at radius 3 is 2.77 bits per heavy atom. The maximum Gasteiger partial charge on any atom is 0.292 e. The molecule has 2 amide bonds. The number of aryl methyl sites for hydroxylation is 1. The van der Waals surface area contributed by atoms with E-state index in [4.69, 9.17) is 16.3 Å². The molecule has 1 aromatic carbocycles. The molecule has 0 radical (unpaired) electrons. The third kappa shape index (κ3) is 4.28. The summed E-state index contributed by atoms with van der Waals surface area (Å²) in [5, 5.41) is 17.6. The number of likely N-dealkylation sites (N-methyl/N-ethyl adjacent to an activating group) is 1. The fourth-order valence-corrected chi connectivity index (χ4v) is 2.39. The van der Waals surface area contributed by atoms with E-state index in [1.165, 1.54) is 43.2 Å². The zero-order chi connectivity index (χ0) is 19.4. The van der Waals surface area contributed by atoms with Gasteiger partial charge in [0.15, 0.2) is 0 Å². The molecule has 0 aliphatic rings. The van der Waals surface area contributed by atoms with Crippen molar-refractivity contribution in [1.29, 1.82) is 0 Å². The van der Waals surface area contributed by atoms with E-state index in [-0.39, 0.29) is 34.4 Å². The Kier molecular flexibility index (Phi) is 5.78. The normalized spacial score (nSPS) is 10.3. The quantitative estimate of drug-likeness (QED) is 0.600. The van der Waals surface area contributed by atoms with Crippen molar-refractivity contribution in [3.05, 3.63) is 45.1 Å². The van der Waals surface area contributed by atoms with E-state index >= 15 is 0 Å². The van der Waals surface area contributed by atoms with Crippen LogP contribution in [0.5, 0.6) is 5.88 Å². The number of methoxy groups -OCH3 is 1. The van der Waals surface area contributed by atoms with E-state index in [1.54, 1.807) is 7.05 Å². The van der Waals surface area contributed by atoms with Crippen LogP contribution in [-0.4, -0.2) is 52.1 Å². The molecule has 0 spiro atoms. The molecule has 26 heavy (non-hydrogen) atoms. The van der Waals surface area contributed by atoms with Gasteiger partial charge in [-0.25, -0.2) is 0 Å². The molecule has 11 heteroatoms. The van der Waals surface area contributed by atoms with Gasteiger partial charge in [0, 0.05) is 31.4 Å². The highest BCUT2D eigenvalue weighted by molar-refractivity contribution is 6.31. The average Bonchev–Trinajstić information content (AvgIpc) is 2.94. The first-order valence-electron chi connectivity index (χ1n) is 7.29. The Bertz CT molecular complexity index is 866. The lowest BCUT2D eigenvalue weighted by Gasteiger charge is -2.16. The molecule has 0 aliphatic heterocycles. The van der Waals surface area contributed by atoms with Gasteiger partial charge in [-0.3, -0.25) is 24.4 Å². The molecule has 2 aromatic rings. The second-order valence-electron chi connectivity index (χ2n) is 5.35. The molecule has 0 atom stereocenters. The zero-order valence-corrected chi connectivity index (χ0v) is 15.0. The number of nitro benzene ring substituents is 1.